The number of amides is 1. The van der Waals surface area contributed by atoms with E-state index in [-0.39, 0.29) is 5.91 Å². The number of rotatable bonds is 6. The summed E-state index contributed by atoms with van der Waals surface area (Å²) < 4.78 is 24.7. The fraction of sp³-hybridized carbons (Fsp3) is 0.500. The van der Waals surface area contributed by atoms with Gasteiger partial charge in [-0.1, -0.05) is 6.92 Å². The lowest BCUT2D eigenvalue weighted by atomic mass is 10.2. The van der Waals surface area contributed by atoms with Crippen LogP contribution >= 0.6 is 0 Å². The van der Waals surface area contributed by atoms with Crippen LogP contribution in [-0.4, -0.2) is 26.6 Å². The van der Waals surface area contributed by atoms with Gasteiger partial charge in [0, 0.05) is 23.8 Å². The Morgan fingerprint density at radius 3 is 2.35 bits per heavy atom. The summed E-state index contributed by atoms with van der Waals surface area (Å²) in [4.78, 5) is 14.0. The van der Waals surface area contributed by atoms with Gasteiger partial charge in [0.05, 0.1) is 6.26 Å². The number of carbonyl (C=O) groups excluding carboxylic acids is 1. The third-order valence-corrected chi connectivity index (χ3v) is 3.70. The molecule has 1 saturated carbocycles. The lowest BCUT2D eigenvalue weighted by Gasteiger charge is -2.22. The van der Waals surface area contributed by atoms with Crippen molar-refractivity contribution in [3.05, 3.63) is 24.3 Å². The van der Waals surface area contributed by atoms with Gasteiger partial charge in [0.25, 0.3) is 0 Å². The number of benzene rings is 1. The van der Waals surface area contributed by atoms with E-state index in [1.54, 1.807) is 24.3 Å². The summed E-state index contributed by atoms with van der Waals surface area (Å²) in [6, 6.07) is 7.26. The molecule has 1 aromatic rings. The van der Waals surface area contributed by atoms with E-state index in [9.17, 15) is 13.2 Å². The number of nitrogens with one attached hydrogen (secondary N) is 1. The quantitative estimate of drug-likeness (QED) is 0.876. The zero-order valence-electron chi connectivity index (χ0n) is 11.8. The molecule has 1 N–H and O–H groups in total. The Morgan fingerprint density at radius 2 is 1.90 bits per heavy atom. The summed E-state index contributed by atoms with van der Waals surface area (Å²) in [5.41, 5.74) is 1.35. The maximum Gasteiger partial charge on any atom is 0.229 e. The zero-order chi connectivity index (χ0) is 14.8. The molecule has 1 aliphatic carbocycles. The average molecular weight is 296 g/mol. The first kappa shape index (κ1) is 14.8. The highest BCUT2D eigenvalue weighted by atomic mass is 32.2. The molecule has 0 unspecified atom stereocenters. The van der Waals surface area contributed by atoms with Gasteiger partial charge in [-0.25, -0.2) is 8.42 Å². The molecule has 1 aromatic carbocycles. The fourth-order valence-corrected chi connectivity index (χ4v) is 2.69. The molecule has 1 fully saturated rings. The van der Waals surface area contributed by atoms with Crippen LogP contribution in [0.25, 0.3) is 0 Å². The SMILES string of the molecule is CCCC(=O)N(c1ccc(NS(C)(=O)=O)cc1)C1CC1. The van der Waals surface area contributed by atoms with Crippen molar-refractivity contribution in [2.45, 2.75) is 38.6 Å². The Balaban J connectivity index is 2.16. The van der Waals surface area contributed by atoms with E-state index >= 15 is 0 Å². The molecule has 0 bridgehead atoms. The summed E-state index contributed by atoms with van der Waals surface area (Å²) in [5, 5.41) is 0. The lowest BCUT2D eigenvalue weighted by molar-refractivity contribution is -0.118. The van der Waals surface area contributed by atoms with E-state index in [1.807, 2.05) is 11.8 Å². The molecule has 0 radical (unpaired) electrons. The van der Waals surface area contributed by atoms with Gasteiger partial charge in [-0.3, -0.25) is 9.52 Å². The highest BCUT2D eigenvalue weighted by Gasteiger charge is 2.33. The molecule has 0 aliphatic heterocycles. The first-order valence-corrected chi connectivity index (χ1v) is 8.70. The van der Waals surface area contributed by atoms with Crippen molar-refractivity contribution < 1.29 is 13.2 Å². The molecule has 1 amide bonds. The Bertz CT molecular complexity index is 577. The van der Waals surface area contributed by atoms with Crippen LogP contribution in [0.15, 0.2) is 24.3 Å². The van der Waals surface area contributed by atoms with Gasteiger partial charge in [0.1, 0.15) is 0 Å². The van der Waals surface area contributed by atoms with Gasteiger partial charge in [-0.15, -0.1) is 0 Å². The normalized spacial score (nSPS) is 14.9. The van der Waals surface area contributed by atoms with Gasteiger partial charge in [0.2, 0.25) is 15.9 Å². The van der Waals surface area contributed by atoms with Crippen LogP contribution in [0, 0.1) is 0 Å². The van der Waals surface area contributed by atoms with Gasteiger partial charge < -0.3 is 4.90 Å². The maximum atomic E-state index is 12.2. The number of carbonyl (C=O) groups is 1. The molecule has 0 saturated heterocycles. The Kier molecular flexibility index (Phi) is 4.32. The first-order valence-electron chi connectivity index (χ1n) is 6.80. The number of hydrogen-bond acceptors (Lipinski definition) is 3. The van der Waals surface area contributed by atoms with E-state index in [0.717, 1.165) is 31.2 Å². The van der Waals surface area contributed by atoms with E-state index < -0.39 is 10.0 Å². The summed E-state index contributed by atoms with van der Waals surface area (Å²) >= 11 is 0. The first-order chi connectivity index (χ1) is 9.40. The van der Waals surface area contributed by atoms with Gasteiger partial charge in [-0.2, -0.15) is 0 Å². The molecule has 0 heterocycles. The number of hydrogen-bond donors (Lipinski definition) is 1. The van der Waals surface area contributed by atoms with Gasteiger partial charge in [0.15, 0.2) is 0 Å². The van der Waals surface area contributed by atoms with Gasteiger partial charge >= 0.3 is 0 Å². The largest absolute Gasteiger partial charge is 0.309 e. The van der Waals surface area contributed by atoms with E-state index in [1.165, 1.54) is 0 Å². The zero-order valence-corrected chi connectivity index (χ0v) is 12.6. The van der Waals surface area contributed by atoms with Crippen molar-refractivity contribution in [1.29, 1.82) is 0 Å². The average Bonchev–Trinajstić information content (AvgIpc) is 3.14. The second-order valence-electron chi connectivity index (χ2n) is 5.17. The number of anilines is 2. The summed E-state index contributed by atoms with van der Waals surface area (Å²) in [6.07, 6.45) is 4.56. The van der Waals surface area contributed by atoms with Crippen molar-refractivity contribution in [3.63, 3.8) is 0 Å². The van der Waals surface area contributed by atoms with E-state index in [2.05, 4.69) is 4.72 Å². The smallest absolute Gasteiger partial charge is 0.229 e. The Hall–Kier alpha value is -1.56. The standard InChI is InChI=1S/C14H20N2O3S/c1-3-4-14(17)16(13-9-10-13)12-7-5-11(6-8-12)15-20(2,18)19/h5-8,13,15H,3-4,9-10H2,1-2H3. The van der Waals surface area contributed by atoms with Crippen LogP contribution in [0.1, 0.15) is 32.6 Å². The van der Waals surface area contributed by atoms with Crippen molar-refractivity contribution in [2.75, 3.05) is 15.9 Å². The fourth-order valence-electron chi connectivity index (χ4n) is 2.13. The maximum absolute atomic E-state index is 12.2. The molecule has 110 valence electrons. The minimum absolute atomic E-state index is 0.138. The molecular formula is C14H20N2O3S. The molecule has 0 atom stereocenters. The Morgan fingerprint density at radius 1 is 1.30 bits per heavy atom. The molecular weight excluding hydrogens is 276 g/mol. The van der Waals surface area contributed by atoms with Crippen LogP contribution in [0.5, 0.6) is 0 Å². The molecule has 1 aliphatic rings. The molecule has 0 spiro atoms. The predicted molar refractivity (Wildman–Crippen MR) is 80.3 cm³/mol. The molecule has 6 heteroatoms. The van der Waals surface area contributed by atoms with E-state index in [4.69, 9.17) is 0 Å². The minimum atomic E-state index is -3.27. The monoisotopic (exact) mass is 296 g/mol. The predicted octanol–water partition coefficient (Wildman–Crippen LogP) is 2.35. The molecule has 2 rings (SSSR count). The number of sulfonamides is 1. The van der Waals surface area contributed by atoms with Crippen LogP contribution in [-0.2, 0) is 14.8 Å². The van der Waals surface area contributed by atoms with Crippen LogP contribution < -0.4 is 9.62 Å². The van der Waals surface area contributed by atoms with Gasteiger partial charge in [-0.05, 0) is 43.5 Å². The van der Waals surface area contributed by atoms with Crippen LogP contribution in [0.3, 0.4) is 0 Å². The highest BCUT2D eigenvalue weighted by molar-refractivity contribution is 7.92. The van der Waals surface area contributed by atoms with Crippen LogP contribution in [0.4, 0.5) is 11.4 Å². The highest BCUT2D eigenvalue weighted by Crippen LogP contribution is 2.33. The minimum Gasteiger partial charge on any atom is -0.309 e. The molecule has 0 aromatic heterocycles. The van der Waals surface area contributed by atoms with E-state index in [0.29, 0.717) is 18.2 Å². The third kappa shape index (κ3) is 3.96. The lowest BCUT2D eigenvalue weighted by Crippen LogP contribution is -2.32. The second-order valence-corrected chi connectivity index (χ2v) is 6.91. The second kappa shape index (κ2) is 5.83. The molecule has 20 heavy (non-hydrogen) atoms. The van der Waals surface area contributed by atoms with Crippen LogP contribution in [0.2, 0.25) is 0 Å². The van der Waals surface area contributed by atoms with Crippen molar-refractivity contribution in [1.82, 2.24) is 0 Å². The molecule has 5 nitrogen and oxygen atoms in total. The summed E-state index contributed by atoms with van der Waals surface area (Å²) in [7, 11) is -3.27. The van der Waals surface area contributed by atoms with Crippen molar-refractivity contribution in [2.24, 2.45) is 0 Å². The van der Waals surface area contributed by atoms with Crippen molar-refractivity contribution >= 4 is 27.3 Å². The summed E-state index contributed by atoms with van der Waals surface area (Å²) in [5.74, 6) is 0.138. The summed E-state index contributed by atoms with van der Waals surface area (Å²) in [6.45, 7) is 1.99. The topological polar surface area (TPSA) is 66.5 Å². The number of nitrogens with zero attached hydrogens (tertiary/aromatic N) is 1. The third-order valence-electron chi connectivity index (χ3n) is 3.09. The Labute approximate surface area is 120 Å². The van der Waals surface area contributed by atoms with Crippen molar-refractivity contribution in [3.8, 4) is 0 Å².